The van der Waals surface area contributed by atoms with Crippen molar-refractivity contribution in [1.29, 1.82) is 0 Å². The Morgan fingerprint density at radius 1 is 0.909 bits per heavy atom. The Morgan fingerprint density at radius 2 is 1.59 bits per heavy atom. The average Bonchev–Trinajstić information content (AvgIpc) is 3.14. The highest BCUT2D eigenvalue weighted by atomic mass is 14.8. The second-order valence-corrected chi connectivity index (χ2v) is 10.5. The van der Waals surface area contributed by atoms with Gasteiger partial charge in [0.15, 0.2) is 0 Å². The summed E-state index contributed by atoms with van der Waals surface area (Å²) in [5, 5.41) is 0. The molecule has 0 saturated heterocycles. The molecule has 0 heterocycles. The zero-order chi connectivity index (χ0) is 15.1. The molecule has 4 bridgehead atoms. The van der Waals surface area contributed by atoms with Gasteiger partial charge in [-0.3, -0.25) is 0 Å². The zero-order valence-corrected chi connectivity index (χ0v) is 14.6. The summed E-state index contributed by atoms with van der Waals surface area (Å²) in [6.45, 7) is 10.5. The molecule has 4 saturated carbocycles. The fourth-order valence-corrected chi connectivity index (χ4v) is 9.09. The van der Waals surface area contributed by atoms with Gasteiger partial charge in [0.2, 0.25) is 0 Å². The normalized spacial score (nSPS) is 69.3. The fraction of sp³-hybridized carbons (Fsp3) is 0.818. The van der Waals surface area contributed by atoms with E-state index < -0.39 is 0 Å². The van der Waals surface area contributed by atoms with Crippen molar-refractivity contribution in [2.45, 2.75) is 53.4 Å². The highest BCUT2D eigenvalue weighted by Gasteiger charge is 2.76. The molecule has 0 N–H and O–H groups in total. The van der Waals surface area contributed by atoms with E-state index in [-0.39, 0.29) is 0 Å². The molecule has 4 fully saturated rings. The van der Waals surface area contributed by atoms with Crippen molar-refractivity contribution >= 4 is 0 Å². The molecule has 0 radical (unpaired) electrons. The summed E-state index contributed by atoms with van der Waals surface area (Å²) in [5.74, 6) is 7.03. The Kier molecular flexibility index (Phi) is 1.93. The highest BCUT2D eigenvalue weighted by molar-refractivity contribution is 5.41. The number of rotatable bonds is 1. The number of allylic oxidation sites excluding steroid dienone is 4. The van der Waals surface area contributed by atoms with Crippen LogP contribution in [0, 0.1) is 57.7 Å². The zero-order valence-electron chi connectivity index (χ0n) is 14.6. The van der Waals surface area contributed by atoms with Gasteiger partial charge in [0, 0.05) is 0 Å². The van der Waals surface area contributed by atoms with Crippen LogP contribution in [0.3, 0.4) is 0 Å². The molecule has 10 unspecified atom stereocenters. The van der Waals surface area contributed by atoms with Crippen LogP contribution in [-0.4, -0.2) is 0 Å². The van der Waals surface area contributed by atoms with E-state index in [2.05, 4.69) is 45.9 Å². The van der Waals surface area contributed by atoms with Crippen molar-refractivity contribution in [1.82, 2.24) is 0 Å². The number of fused-ring (bicyclic) bond motifs is 11. The van der Waals surface area contributed by atoms with Crippen molar-refractivity contribution in [2.24, 2.45) is 57.7 Å². The minimum absolute atomic E-state index is 0.523. The van der Waals surface area contributed by atoms with Crippen LogP contribution < -0.4 is 0 Å². The van der Waals surface area contributed by atoms with E-state index in [4.69, 9.17) is 0 Å². The molecule has 0 aromatic heterocycles. The summed E-state index contributed by atoms with van der Waals surface area (Å²) in [6, 6.07) is 0. The first-order valence-corrected chi connectivity index (χ1v) is 9.81. The third kappa shape index (κ3) is 1.03. The summed E-state index contributed by atoms with van der Waals surface area (Å²) in [4.78, 5) is 0. The van der Waals surface area contributed by atoms with Gasteiger partial charge in [-0.2, -0.15) is 0 Å². The van der Waals surface area contributed by atoms with Crippen molar-refractivity contribution in [2.75, 3.05) is 0 Å². The van der Waals surface area contributed by atoms with Gasteiger partial charge in [-0.1, -0.05) is 51.5 Å². The van der Waals surface area contributed by atoms with Crippen molar-refractivity contribution in [3.63, 3.8) is 0 Å². The lowest BCUT2D eigenvalue weighted by molar-refractivity contribution is -0.104. The van der Waals surface area contributed by atoms with E-state index >= 15 is 0 Å². The van der Waals surface area contributed by atoms with Gasteiger partial charge in [0.25, 0.3) is 0 Å². The van der Waals surface area contributed by atoms with E-state index in [1.54, 1.807) is 6.42 Å². The maximum atomic E-state index is 2.70. The maximum Gasteiger partial charge on any atom is -0.00239 e. The molecule has 0 aromatic carbocycles. The molecule has 0 aromatic rings. The quantitative estimate of drug-likeness (QED) is 0.563. The number of hydrogen-bond donors (Lipinski definition) is 0. The first-order chi connectivity index (χ1) is 10.4. The SMILES string of the molecule is CC1CC2CC1C(C)(C1=CC1)C1C2C2CC1C1(C)C=CC21C. The molecule has 0 heteroatoms. The third-order valence-electron chi connectivity index (χ3n) is 10.3. The molecule has 0 aliphatic heterocycles. The lowest BCUT2D eigenvalue weighted by Crippen LogP contribution is -2.58. The molecule has 6 aliphatic rings. The Labute approximate surface area is 135 Å². The van der Waals surface area contributed by atoms with Gasteiger partial charge in [-0.05, 0) is 83.4 Å². The summed E-state index contributed by atoms with van der Waals surface area (Å²) in [5.41, 5.74) is 3.48. The monoisotopic (exact) mass is 294 g/mol. The molecule has 6 rings (SSSR count). The smallest absolute Gasteiger partial charge is 0.00239 e. The van der Waals surface area contributed by atoms with Gasteiger partial charge in [-0.25, -0.2) is 0 Å². The molecule has 22 heavy (non-hydrogen) atoms. The van der Waals surface area contributed by atoms with Crippen LogP contribution in [0.25, 0.3) is 0 Å². The molecule has 10 atom stereocenters. The van der Waals surface area contributed by atoms with E-state index in [0.717, 1.165) is 41.4 Å². The predicted molar refractivity (Wildman–Crippen MR) is 90.1 cm³/mol. The van der Waals surface area contributed by atoms with Gasteiger partial charge in [-0.15, -0.1) is 0 Å². The van der Waals surface area contributed by atoms with Crippen molar-refractivity contribution in [3.05, 3.63) is 23.8 Å². The van der Waals surface area contributed by atoms with E-state index in [9.17, 15) is 0 Å². The summed E-state index contributed by atoms with van der Waals surface area (Å²) >= 11 is 0. The Hall–Kier alpha value is -0.520. The molecule has 0 spiro atoms. The van der Waals surface area contributed by atoms with E-state index in [1.165, 1.54) is 19.3 Å². The van der Waals surface area contributed by atoms with Crippen LogP contribution in [0.15, 0.2) is 23.8 Å². The molecular formula is C22H30. The van der Waals surface area contributed by atoms with Crippen molar-refractivity contribution < 1.29 is 0 Å². The van der Waals surface area contributed by atoms with Crippen LogP contribution in [0.2, 0.25) is 0 Å². The summed E-state index contributed by atoms with van der Waals surface area (Å²) in [6.07, 6.45) is 13.8. The molecular weight excluding hydrogens is 264 g/mol. The van der Waals surface area contributed by atoms with Crippen LogP contribution in [-0.2, 0) is 0 Å². The van der Waals surface area contributed by atoms with Crippen molar-refractivity contribution in [3.8, 4) is 0 Å². The van der Waals surface area contributed by atoms with Crippen LogP contribution in [0.4, 0.5) is 0 Å². The maximum absolute atomic E-state index is 2.70. The van der Waals surface area contributed by atoms with E-state index in [0.29, 0.717) is 16.2 Å². The Balaban J connectivity index is 1.55. The number of hydrogen-bond acceptors (Lipinski definition) is 0. The second-order valence-electron chi connectivity index (χ2n) is 10.5. The minimum atomic E-state index is 0.523. The largest absolute Gasteiger partial charge is 0.0808 e. The third-order valence-corrected chi connectivity index (χ3v) is 10.3. The first-order valence-electron chi connectivity index (χ1n) is 9.81. The minimum Gasteiger partial charge on any atom is -0.0808 e. The second kappa shape index (κ2) is 3.31. The Morgan fingerprint density at radius 3 is 2.23 bits per heavy atom. The van der Waals surface area contributed by atoms with Gasteiger partial charge in [0.1, 0.15) is 0 Å². The average molecular weight is 294 g/mol. The van der Waals surface area contributed by atoms with Crippen LogP contribution >= 0.6 is 0 Å². The Bertz CT molecular complexity index is 640. The summed E-state index contributed by atoms with van der Waals surface area (Å²) < 4.78 is 0. The molecule has 6 aliphatic carbocycles. The fourth-order valence-electron chi connectivity index (χ4n) is 9.09. The van der Waals surface area contributed by atoms with Gasteiger partial charge in [0.05, 0.1) is 0 Å². The summed E-state index contributed by atoms with van der Waals surface area (Å²) in [7, 11) is 0. The lowest BCUT2D eigenvalue weighted by atomic mass is 9.40. The molecule has 0 amide bonds. The lowest BCUT2D eigenvalue weighted by Gasteiger charge is -2.64. The van der Waals surface area contributed by atoms with Gasteiger partial charge >= 0.3 is 0 Å². The highest BCUT2D eigenvalue weighted by Crippen LogP contribution is 2.82. The van der Waals surface area contributed by atoms with Gasteiger partial charge < -0.3 is 0 Å². The topological polar surface area (TPSA) is 0 Å². The standard InChI is InChI=1S/C22H30/c1-12-9-13-10-15(12)22(4,14-5-6-14)19-17-11-16(18(13)19)20(2)7-8-21(17,20)3/h5,7-8,12-13,15-19H,6,9-11H2,1-4H3. The predicted octanol–water partition coefficient (Wildman–Crippen LogP) is 5.46. The first kappa shape index (κ1) is 12.8. The van der Waals surface area contributed by atoms with Crippen LogP contribution in [0.1, 0.15) is 53.4 Å². The van der Waals surface area contributed by atoms with Crippen LogP contribution in [0.5, 0.6) is 0 Å². The van der Waals surface area contributed by atoms with E-state index in [1.807, 2.05) is 5.57 Å². The molecule has 118 valence electrons. The molecule has 0 nitrogen and oxygen atoms in total.